The summed E-state index contributed by atoms with van der Waals surface area (Å²) in [5.41, 5.74) is -0.270. The van der Waals surface area contributed by atoms with Crippen molar-refractivity contribution < 1.29 is 19.1 Å². The molecule has 0 atom stereocenters. The second kappa shape index (κ2) is 4.00. The highest BCUT2D eigenvalue weighted by molar-refractivity contribution is 6.17. The Kier molecular flexibility index (Phi) is 3.16. The topological polar surface area (TPSA) is 52.6 Å². The third-order valence-corrected chi connectivity index (χ3v) is 2.14. The van der Waals surface area contributed by atoms with E-state index in [9.17, 15) is 9.59 Å². The van der Waals surface area contributed by atoms with E-state index < -0.39 is 17.7 Å². The van der Waals surface area contributed by atoms with Gasteiger partial charge in [-0.1, -0.05) is 6.58 Å². The molecule has 1 aliphatic rings. The summed E-state index contributed by atoms with van der Waals surface area (Å²) in [6.07, 6.45) is 0.992. The Bertz CT molecular complexity index is 265. The molecule has 0 aromatic rings. The number of halogens is 1. The summed E-state index contributed by atoms with van der Waals surface area (Å²) in [5, 5.41) is 0. The van der Waals surface area contributed by atoms with Gasteiger partial charge in [0.15, 0.2) is 0 Å². The minimum Gasteiger partial charge on any atom is -0.419 e. The van der Waals surface area contributed by atoms with Gasteiger partial charge in [-0.05, 0) is 6.42 Å². The van der Waals surface area contributed by atoms with Crippen LogP contribution in [0.5, 0.6) is 0 Å². The Balaban J connectivity index is 2.69. The molecule has 4 nitrogen and oxygen atoms in total. The standard InChI is InChI=1S/C9H11ClO4/c1-6-7(11)13-9(2,4-3-5-10)14-8(6)12/h1,3-5H2,2H3. The van der Waals surface area contributed by atoms with Gasteiger partial charge in [-0.15, -0.1) is 11.6 Å². The van der Waals surface area contributed by atoms with Crippen molar-refractivity contribution in [3.8, 4) is 0 Å². The number of alkyl halides is 1. The van der Waals surface area contributed by atoms with Crippen LogP contribution >= 0.6 is 11.6 Å². The lowest BCUT2D eigenvalue weighted by Crippen LogP contribution is -2.44. The molecule has 0 spiro atoms. The molecule has 0 amide bonds. The van der Waals surface area contributed by atoms with Gasteiger partial charge in [0.05, 0.1) is 0 Å². The predicted octanol–water partition coefficient (Wildman–Crippen LogP) is 1.38. The molecule has 5 heteroatoms. The van der Waals surface area contributed by atoms with Crippen molar-refractivity contribution in [2.75, 3.05) is 5.88 Å². The molecular formula is C9H11ClO4. The fourth-order valence-electron chi connectivity index (χ4n) is 1.11. The van der Waals surface area contributed by atoms with Crippen molar-refractivity contribution in [3.63, 3.8) is 0 Å². The van der Waals surface area contributed by atoms with Crippen molar-refractivity contribution in [1.29, 1.82) is 0 Å². The predicted molar refractivity (Wildman–Crippen MR) is 49.7 cm³/mol. The van der Waals surface area contributed by atoms with Crippen LogP contribution in [0.3, 0.4) is 0 Å². The Morgan fingerprint density at radius 3 is 2.29 bits per heavy atom. The van der Waals surface area contributed by atoms with Crippen LogP contribution in [-0.2, 0) is 19.1 Å². The first-order valence-electron chi connectivity index (χ1n) is 4.20. The fraction of sp³-hybridized carbons (Fsp3) is 0.556. The average Bonchev–Trinajstić information content (AvgIpc) is 2.11. The van der Waals surface area contributed by atoms with E-state index in [2.05, 4.69) is 6.58 Å². The Labute approximate surface area is 86.8 Å². The maximum absolute atomic E-state index is 11.1. The molecule has 1 heterocycles. The average molecular weight is 219 g/mol. The van der Waals surface area contributed by atoms with Gasteiger partial charge in [0.1, 0.15) is 5.57 Å². The molecule has 0 radical (unpaired) electrons. The van der Waals surface area contributed by atoms with Crippen LogP contribution in [0.25, 0.3) is 0 Å². The van der Waals surface area contributed by atoms with E-state index in [0.717, 1.165) is 0 Å². The number of hydrogen-bond donors (Lipinski definition) is 0. The molecule has 0 aromatic heterocycles. The summed E-state index contributed by atoms with van der Waals surface area (Å²) in [5.74, 6) is -2.22. The number of hydrogen-bond acceptors (Lipinski definition) is 4. The van der Waals surface area contributed by atoms with Crippen LogP contribution in [0.15, 0.2) is 12.2 Å². The third-order valence-electron chi connectivity index (χ3n) is 1.87. The molecule has 1 fully saturated rings. The lowest BCUT2D eigenvalue weighted by Gasteiger charge is -2.32. The number of ether oxygens (including phenoxy) is 2. The summed E-state index contributed by atoms with van der Waals surface area (Å²) >= 11 is 5.49. The molecule has 0 N–H and O–H groups in total. The summed E-state index contributed by atoms with van der Waals surface area (Å²) < 4.78 is 9.84. The normalized spacial score (nSPS) is 20.3. The molecule has 1 rings (SSSR count). The summed E-state index contributed by atoms with van der Waals surface area (Å²) in [4.78, 5) is 22.3. The zero-order valence-electron chi connectivity index (χ0n) is 7.84. The van der Waals surface area contributed by atoms with Crippen LogP contribution in [0.2, 0.25) is 0 Å². The van der Waals surface area contributed by atoms with Gasteiger partial charge < -0.3 is 9.47 Å². The largest absolute Gasteiger partial charge is 0.419 e. The first-order valence-corrected chi connectivity index (χ1v) is 4.73. The summed E-state index contributed by atoms with van der Waals surface area (Å²) in [6, 6.07) is 0. The van der Waals surface area contributed by atoms with Crippen molar-refractivity contribution in [2.45, 2.75) is 25.6 Å². The highest BCUT2D eigenvalue weighted by Crippen LogP contribution is 2.26. The fourth-order valence-corrected chi connectivity index (χ4v) is 1.24. The van der Waals surface area contributed by atoms with Crippen molar-refractivity contribution in [3.05, 3.63) is 12.2 Å². The van der Waals surface area contributed by atoms with Gasteiger partial charge in [-0.3, -0.25) is 0 Å². The van der Waals surface area contributed by atoms with Crippen LogP contribution < -0.4 is 0 Å². The number of rotatable bonds is 3. The zero-order chi connectivity index (χ0) is 10.8. The Hall–Kier alpha value is -1.03. The zero-order valence-corrected chi connectivity index (χ0v) is 8.60. The lowest BCUT2D eigenvalue weighted by atomic mass is 10.1. The van der Waals surface area contributed by atoms with Crippen molar-refractivity contribution in [1.82, 2.24) is 0 Å². The Morgan fingerprint density at radius 1 is 1.36 bits per heavy atom. The Morgan fingerprint density at radius 2 is 1.86 bits per heavy atom. The minimum absolute atomic E-state index is 0.270. The molecule has 0 bridgehead atoms. The van der Waals surface area contributed by atoms with Gasteiger partial charge in [-0.25, -0.2) is 9.59 Å². The van der Waals surface area contributed by atoms with E-state index in [-0.39, 0.29) is 5.57 Å². The first kappa shape index (κ1) is 11.0. The number of carbonyl (C=O) groups excluding carboxylic acids is 2. The molecule has 78 valence electrons. The second-order valence-electron chi connectivity index (χ2n) is 3.18. The maximum Gasteiger partial charge on any atom is 0.348 e. The summed E-state index contributed by atoms with van der Waals surface area (Å²) in [6.45, 7) is 4.78. The van der Waals surface area contributed by atoms with E-state index in [0.29, 0.717) is 18.7 Å². The molecular weight excluding hydrogens is 208 g/mol. The quantitative estimate of drug-likeness (QED) is 0.311. The van der Waals surface area contributed by atoms with Gasteiger partial charge >= 0.3 is 11.9 Å². The third kappa shape index (κ3) is 2.26. The number of esters is 2. The van der Waals surface area contributed by atoms with E-state index in [4.69, 9.17) is 21.1 Å². The number of cyclic esters (lactones) is 2. The summed E-state index contributed by atoms with van der Waals surface area (Å²) in [7, 11) is 0. The minimum atomic E-state index is -1.19. The smallest absolute Gasteiger partial charge is 0.348 e. The SMILES string of the molecule is C=C1C(=O)OC(C)(CCCCl)OC1=O. The first-order chi connectivity index (χ1) is 6.48. The van der Waals surface area contributed by atoms with Crippen molar-refractivity contribution in [2.24, 2.45) is 0 Å². The molecule has 1 aliphatic heterocycles. The maximum atomic E-state index is 11.1. The second-order valence-corrected chi connectivity index (χ2v) is 3.56. The molecule has 0 saturated carbocycles. The molecule has 0 unspecified atom stereocenters. The van der Waals surface area contributed by atoms with Crippen LogP contribution in [-0.4, -0.2) is 23.6 Å². The van der Waals surface area contributed by atoms with Crippen molar-refractivity contribution >= 4 is 23.5 Å². The monoisotopic (exact) mass is 218 g/mol. The van der Waals surface area contributed by atoms with Gasteiger partial charge in [0, 0.05) is 19.2 Å². The number of carbonyl (C=O) groups is 2. The van der Waals surface area contributed by atoms with Gasteiger partial charge in [0.25, 0.3) is 5.79 Å². The molecule has 0 aliphatic carbocycles. The highest BCUT2D eigenvalue weighted by atomic mass is 35.5. The molecule has 1 saturated heterocycles. The van der Waals surface area contributed by atoms with E-state index in [1.54, 1.807) is 0 Å². The van der Waals surface area contributed by atoms with Crippen LogP contribution in [0.4, 0.5) is 0 Å². The highest BCUT2D eigenvalue weighted by Gasteiger charge is 2.40. The van der Waals surface area contributed by atoms with E-state index in [1.165, 1.54) is 6.92 Å². The lowest BCUT2D eigenvalue weighted by molar-refractivity contribution is -0.230. The van der Waals surface area contributed by atoms with E-state index >= 15 is 0 Å². The molecule has 14 heavy (non-hydrogen) atoms. The van der Waals surface area contributed by atoms with E-state index in [1.807, 2.05) is 0 Å². The van der Waals surface area contributed by atoms with Gasteiger partial charge in [-0.2, -0.15) is 0 Å². The van der Waals surface area contributed by atoms with Crippen LogP contribution in [0, 0.1) is 0 Å². The molecule has 0 aromatic carbocycles. The van der Waals surface area contributed by atoms with Crippen LogP contribution in [0.1, 0.15) is 19.8 Å². The van der Waals surface area contributed by atoms with Gasteiger partial charge in [0.2, 0.25) is 0 Å².